The molecular formula is C15H19NO4S. The summed E-state index contributed by atoms with van der Waals surface area (Å²) >= 11 is 0. The van der Waals surface area contributed by atoms with Crippen LogP contribution in [0.25, 0.3) is 0 Å². The van der Waals surface area contributed by atoms with Gasteiger partial charge in [-0.25, -0.2) is 8.42 Å². The summed E-state index contributed by atoms with van der Waals surface area (Å²) in [5.41, 5.74) is 1.09. The SMILES string of the molecule is CCc1ccc(S(=O)(=O)NOCCCc2ccco2)cc1. The lowest BCUT2D eigenvalue weighted by Crippen LogP contribution is -2.24. The van der Waals surface area contributed by atoms with Crippen LogP contribution in [0.4, 0.5) is 0 Å². The molecule has 21 heavy (non-hydrogen) atoms. The molecule has 0 saturated heterocycles. The first-order valence-corrected chi connectivity index (χ1v) is 8.35. The van der Waals surface area contributed by atoms with Crippen molar-refractivity contribution in [3.05, 3.63) is 54.0 Å². The fraction of sp³-hybridized carbons (Fsp3) is 0.333. The lowest BCUT2D eigenvalue weighted by Gasteiger charge is -2.07. The summed E-state index contributed by atoms with van der Waals surface area (Å²) in [7, 11) is -3.62. The predicted molar refractivity (Wildman–Crippen MR) is 79.1 cm³/mol. The second-order valence-corrected chi connectivity index (χ2v) is 6.26. The minimum Gasteiger partial charge on any atom is -0.469 e. The number of hydrogen-bond donors (Lipinski definition) is 1. The molecule has 0 radical (unpaired) electrons. The molecule has 0 atom stereocenters. The second-order valence-electron chi connectivity index (χ2n) is 4.62. The van der Waals surface area contributed by atoms with Crippen LogP contribution in [0.5, 0.6) is 0 Å². The number of rotatable bonds is 8. The van der Waals surface area contributed by atoms with Crippen molar-refractivity contribution in [2.24, 2.45) is 0 Å². The highest BCUT2D eigenvalue weighted by molar-refractivity contribution is 7.89. The first-order chi connectivity index (χ1) is 10.1. The molecule has 6 heteroatoms. The van der Waals surface area contributed by atoms with E-state index in [1.54, 1.807) is 30.5 Å². The molecule has 2 rings (SSSR count). The van der Waals surface area contributed by atoms with E-state index in [9.17, 15) is 8.42 Å². The van der Waals surface area contributed by atoms with E-state index in [4.69, 9.17) is 9.25 Å². The minimum atomic E-state index is -3.62. The Hall–Kier alpha value is -1.63. The maximum atomic E-state index is 12.0. The summed E-state index contributed by atoms with van der Waals surface area (Å²) < 4.78 is 29.1. The molecule has 0 amide bonds. The Balaban J connectivity index is 1.78. The highest BCUT2D eigenvalue weighted by Crippen LogP contribution is 2.11. The van der Waals surface area contributed by atoms with Crippen LogP contribution in [0.3, 0.4) is 0 Å². The van der Waals surface area contributed by atoms with Crippen molar-refractivity contribution >= 4 is 10.0 Å². The van der Waals surface area contributed by atoms with E-state index in [1.807, 2.05) is 19.1 Å². The van der Waals surface area contributed by atoms with Gasteiger partial charge in [0.2, 0.25) is 0 Å². The standard InChI is InChI=1S/C15H19NO4S/c1-2-13-7-9-15(10-8-13)21(17,18)16-20-12-4-6-14-5-3-11-19-14/h3,5,7-11,16H,2,4,6,12H2,1H3. The molecule has 1 aromatic heterocycles. The van der Waals surface area contributed by atoms with Gasteiger partial charge in [-0.05, 0) is 42.7 Å². The summed E-state index contributed by atoms with van der Waals surface area (Å²) in [5.74, 6) is 0.858. The molecule has 0 saturated carbocycles. The monoisotopic (exact) mass is 309 g/mol. The zero-order valence-electron chi connectivity index (χ0n) is 11.9. The van der Waals surface area contributed by atoms with Gasteiger partial charge in [0.05, 0.1) is 17.8 Å². The number of benzene rings is 1. The molecule has 2 aromatic rings. The Morgan fingerprint density at radius 3 is 2.57 bits per heavy atom. The van der Waals surface area contributed by atoms with E-state index in [0.717, 1.165) is 17.7 Å². The highest BCUT2D eigenvalue weighted by atomic mass is 32.2. The number of hydrogen-bond acceptors (Lipinski definition) is 4. The van der Waals surface area contributed by atoms with Gasteiger partial charge >= 0.3 is 0 Å². The van der Waals surface area contributed by atoms with Crippen molar-refractivity contribution < 1.29 is 17.7 Å². The summed E-state index contributed by atoms with van der Waals surface area (Å²) in [6.45, 7) is 2.30. The van der Waals surface area contributed by atoms with Crippen molar-refractivity contribution in [3.63, 3.8) is 0 Å². The van der Waals surface area contributed by atoms with E-state index in [2.05, 4.69) is 4.89 Å². The maximum Gasteiger partial charge on any atom is 0.262 e. The first-order valence-electron chi connectivity index (χ1n) is 6.87. The molecule has 0 aliphatic rings. The maximum absolute atomic E-state index is 12.0. The average molecular weight is 309 g/mol. The smallest absolute Gasteiger partial charge is 0.262 e. The van der Waals surface area contributed by atoms with Gasteiger partial charge in [0.25, 0.3) is 10.0 Å². The Bertz CT molecular complexity index is 633. The summed E-state index contributed by atoms with van der Waals surface area (Å²) in [6, 6.07) is 10.4. The van der Waals surface area contributed by atoms with Gasteiger partial charge in [-0.3, -0.25) is 4.84 Å². The van der Waals surface area contributed by atoms with E-state index >= 15 is 0 Å². The van der Waals surface area contributed by atoms with Crippen LogP contribution in [0.2, 0.25) is 0 Å². The van der Waals surface area contributed by atoms with E-state index in [-0.39, 0.29) is 11.5 Å². The quantitative estimate of drug-likeness (QED) is 0.601. The molecule has 5 nitrogen and oxygen atoms in total. The molecule has 0 bridgehead atoms. The third-order valence-electron chi connectivity index (χ3n) is 3.06. The van der Waals surface area contributed by atoms with Crippen LogP contribution in [-0.4, -0.2) is 15.0 Å². The Morgan fingerprint density at radius 2 is 1.95 bits per heavy atom. The second kappa shape index (κ2) is 7.40. The molecule has 0 aliphatic heterocycles. The molecule has 0 unspecified atom stereocenters. The number of aryl methyl sites for hydroxylation is 2. The van der Waals surface area contributed by atoms with E-state index < -0.39 is 10.0 Å². The van der Waals surface area contributed by atoms with Gasteiger partial charge in [0.15, 0.2) is 0 Å². The number of sulfonamides is 1. The fourth-order valence-electron chi connectivity index (χ4n) is 1.85. The van der Waals surface area contributed by atoms with Gasteiger partial charge in [-0.15, -0.1) is 0 Å². The summed E-state index contributed by atoms with van der Waals surface area (Å²) in [6.07, 6.45) is 3.86. The fourth-order valence-corrected chi connectivity index (χ4v) is 2.67. The van der Waals surface area contributed by atoms with Crippen molar-refractivity contribution in [3.8, 4) is 0 Å². The Kier molecular flexibility index (Phi) is 5.55. The summed E-state index contributed by atoms with van der Waals surface area (Å²) in [4.78, 5) is 7.36. The van der Waals surface area contributed by atoms with Crippen LogP contribution in [0.15, 0.2) is 52.0 Å². The lowest BCUT2D eigenvalue weighted by molar-refractivity contribution is 0.0905. The molecular weight excluding hydrogens is 290 g/mol. The van der Waals surface area contributed by atoms with E-state index in [0.29, 0.717) is 12.8 Å². The summed E-state index contributed by atoms with van der Waals surface area (Å²) in [5, 5.41) is 0. The van der Waals surface area contributed by atoms with Crippen molar-refractivity contribution in [2.45, 2.75) is 31.1 Å². The number of furan rings is 1. The Morgan fingerprint density at radius 1 is 1.19 bits per heavy atom. The normalized spacial score (nSPS) is 11.7. The molecule has 1 N–H and O–H groups in total. The molecule has 1 aromatic carbocycles. The zero-order chi connectivity index (χ0) is 15.1. The van der Waals surface area contributed by atoms with Crippen molar-refractivity contribution in [2.75, 3.05) is 6.61 Å². The molecule has 1 heterocycles. The topological polar surface area (TPSA) is 68.5 Å². The van der Waals surface area contributed by atoms with Gasteiger partial charge in [0.1, 0.15) is 5.76 Å². The molecule has 114 valence electrons. The highest BCUT2D eigenvalue weighted by Gasteiger charge is 2.13. The largest absolute Gasteiger partial charge is 0.469 e. The van der Waals surface area contributed by atoms with Crippen LogP contribution >= 0.6 is 0 Å². The van der Waals surface area contributed by atoms with Gasteiger partial charge in [-0.2, -0.15) is 0 Å². The minimum absolute atomic E-state index is 0.200. The Labute approximate surface area is 124 Å². The lowest BCUT2D eigenvalue weighted by atomic mass is 10.2. The molecule has 0 fully saturated rings. The van der Waals surface area contributed by atoms with Crippen LogP contribution < -0.4 is 4.89 Å². The van der Waals surface area contributed by atoms with Crippen LogP contribution in [0.1, 0.15) is 24.7 Å². The first kappa shape index (κ1) is 15.8. The zero-order valence-corrected chi connectivity index (χ0v) is 12.7. The predicted octanol–water partition coefficient (Wildman–Crippen LogP) is 2.68. The van der Waals surface area contributed by atoms with E-state index in [1.165, 1.54) is 0 Å². The van der Waals surface area contributed by atoms with Crippen molar-refractivity contribution in [1.82, 2.24) is 4.89 Å². The molecule has 0 aliphatic carbocycles. The van der Waals surface area contributed by atoms with Gasteiger partial charge in [-0.1, -0.05) is 23.9 Å². The third-order valence-corrected chi connectivity index (χ3v) is 4.29. The third kappa shape index (κ3) is 4.70. The van der Waals surface area contributed by atoms with Gasteiger partial charge in [0, 0.05) is 6.42 Å². The van der Waals surface area contributed by atoms with Crippen LogP contribution in [0, 0.1) is 0 Å². The average Bonchev–Trinajstić information content (AvgIpc) is 3.00. The van der Waals surface area contributed by atoms with Gasteiger partial charge < -0.3 is 4.42 Å². The molecule has 0 spiro atoms. The number of nitrogens with one attached hydrogen (secondary N) is 1. The van der Waals surface area contributed by atoms with Crippen LogP contribution in [-0.2, 0) is 27.7 Å². The van der Waals surface area contributed by atoms with Crippen molar-refractivity contribution in [1.29, 1.82) is 0 Å².